The Morgan fingerprint density at radius 3 is 3.00 bits per heavy atom. The number of carbonyl (C=O) groups excluding carboxylic acids is 1. The number of ether oxygens (including phenoxy) is 1. The fourth-order valence-electron chi connectivity index (χ4n) is 3.87. The van der Waals surface area contributed by atoms with E-state index in [1.54, 1.807) is 30.4 Å². The predicted molar refractivity (Wildman–Crippen MR) is 124 cm³/mol. The van der Waals surface area contributed by atoms with Crippen molar-refractivity contribution in [2.45, 2.75) is 6.42 Å². The van der Waals surface area contributed by atoms with E-state index in [0.717, 1.165) is 17.4 Å². The third-order valence-electron chi connectivity index (χ3n) is 5.50. The third-order valence-corrected chi connectivity index (χ3v) is 6.38. The molecule has 10 heteroatoms. The number of aryl methyl sites for hydroxylation is 1. The average Bonchev–Trinajstić information content (AvgIpc) is 3.33. The zero-order valence-electron chi connectivity index (χ0n) is 17.5. The van der Waals surface area contributed by atoms with Crippen LogP contribution in [0.3, 0.4) is 0 Å². The van der Waals surface area contributed by atoms with Gasteiger partial charge in [-0.1, -0.05) is 0 Å². The van der Waals surface area contributed by atoms with Crippen LogP contribution < -0.4 is 11.3 Å². The Labute approximate surface area is 187 Å². The van der Waals surface area contributed by atoms with Crippen LogP contribution in [0.5, 0.6) is 0 Å². The number of pyridine rings is 2. The van der Waals surface area contributed by atoms with E-state index in [4.69, 9.17) is 15.5 Å². The Bertz CT molecular complexity index is 1360. The third kappa shape index (κ3) is 3.67. The fourth-order valence-corrected chi connectivity index (χ4v) is 4.69. The SMILES string of the molecule is Cn1cc(C(=O)N2CCCOCC2)cc(-c2nc(-c3c[nH]c4ncc(N)cc34)cs2)c1=O. The lowest BCUT2D eigenvalue weighted by molar-refractivity contribution is 0.0740. The lowest BCUT2D eigenvalue weighted by Gasteiger charge is -2.20. The molecule has 0 spiro atoms. The molecule has 0 saturated carbocycles. The Hall–Kier alpha value is -3.50. The number of amides is 1. The summed E-state index contributed by atoms with van der Waals surface area (Å²) in [6, 6.07) is 3.49. The van der Waals surface area contributed by atoms with E-state index in [1.165, 1.54) is 15.9 Å². The first-order chi connectivity index (χ1) is 15.5. The number of aromatic amines is 1. The molecule has 1 saturated heterocycles. The molecule has 3 N–H and O–H groups in total. The van der Waals surface area contributed by atoms with E-state index in [0.29, 0.717) is 59.5 Å². The van der Waals surface area contributed by atoms with Gasteiger partial charge < -0.3 is 24.9 Å². The molecule has 0 aliphatic carbocycles. The maximum Gasteiger partial charge on any atom is 0.260 e. The molecule has 4 aromatic heterocycles. The molecule has 9 nitrogen and oxygen atoms in total. The highest BCUT2D eigenvalue weighted by atomic mass is 32.1. The van der Waals surface area contributed by atoms with Crippen molar-refractivity contribution in [3.8, 4) is 21.8 Å². The minimum atomic E-state index is -0.202. The van der Waals surface area contributed by atoms with Gasteiger partial charge in [-0.25, -0.2) is 9.97 Å². The second-order valence-corrected chi connectivity index (χ2v) is 8.58. The number of hydrogen-bond donors (Lipinski definition) is 2. The molecule has 0 unspecified atom stereocenters. The van der Waals surface area contributed by atoms with Crippen molar-refractivity contribution >= 4 is 34.0 Å². The topological polar surface area (TPSA) is 119 Å². The summed E-state index contributed by atoms with van der Waals surface area (Å²) < 4.78 is 6.89. The summed E-state index contributed by atoms with van der Waals surface area (Å²) in [4.78, 5) is 39.9. The summed E-state index contributed by atoms with van der Waals surface area (Å²) in [5.41, 5.74) is 9.41. The first kappa shape index (κ1) is 20.4. The van der Waals surface area contributed by atoms with Crippen LogP contribution in [0.4, 0.5) is 5.69 Å². The lowest BCUT2D eigenvalue weighted by atomic mass is 10.1. The van der Waals surface area contributed by atoms with Gasteiger partial charge in [0.1, 0.15) is 10.7 Å². The van der Waals surface area contributed by atoms with Gasteiger partial charge in [0, 0.05) is 55.5 Å². The largest absolute Gasteiger partial charge is 0.397 e. The minimum Gasteiger partial charge on any atom is -0.397 e. The molecule has 5 rings (SSSR count). The Balaban J connectivity index is 1.52. The molecule has 5 heterocycles. The van der Waals surface area contributed by atoms with E-state index in [2.05, 4.69) is 9.97 Å². The maximum absolute atomic E-state index is 13.1. The molecule has 0 aromatic carbocycles. The molecular weight excluding hydrogens is 428 g/mol. The Morgan fingerprint density at radius 2 is 2.12 bits per heavy atom. The molecule has 0 radical (unpaired) electrons. The van der Waals surface area contributed by atoms with Gasteiger partial charge in [-0.2, -0.15) is 0 Å². The molecule has 1 fully saturated rings. The van der Waals surface area contributed by atoms with E-state index < -0.39 is 0 Å². The van der Waals surface area contributed by atoms with Gasteiger partial charge in [-0.15, -0.1) is 11.3 Å². The van der Waals surface area contributed by atoms with Crippen LogP contribution in [0.25, 0.3) is 32.9 Å². The standard InChI is InChI=1S/C22H22N6O3S/c1-27-11-13(21(29)28-3-2-5-31-6-4-28)7-16(22(27)30)20-26-18(12-32-20)17-10-25-19-15(17)8-14(23)9-24-19/h7-12H,2-6,23H2,1H3,(H,24,25). The van der Waals surface area contributed by atoms with Crippen LogP contribution in [0.1, 0.15) is 16.8 Å². The highest BCUT2D eigenvalue weighted by Crippen LogP contribution is 2.32. The molecule has 164 valence electrons. The summed E-state index contributed by atoms with van der Waals surface area (Å²) in [6.45, 7) is 2.34. The first-order valence-corrected chi connectivity index (χ1v) is 11.2. The van der Waals surface area contributed by atoms with Crippen molar-refractivity contribution in [1.29, 1.82) is 0 Å². The molecule has 4 aromatic rings. The summed E-state index contributed by atoms with van der Waals surface area (Å²) in [6.07, 6.45) is 5.81. The molecule has 0 atom stereocenters. The van der Waals surface area contributed by atoms with Crippen molar-refractivity contribution < 1.29 is 9.53 Å². The van der Waals surface area contributed by atoms with Crippen molar-refractivity contribution in [1.82, 2.24) is 24.4 Å². The van der Waals surface area contributed by atoms with Crippen LogP contribution in [0.15, 0.2) is 40.9 Å². The summed E-state index contributed by atoms with van der Waals surface area (Å²) in [5, 5.41) is 3.31. The molecular formula is C22H22N6O3S. The number of nitrogens with zero attached hydrogens (tertiary/aromatic N) is 4. The number of carbonyl (C=O) groups is 1. The van der Waals surface area contributed by atoms with Gasteiger partial charge in [0.05, 0.1) is 35.3 Å². The zero-order valence-corrected chi connectivity index (χ0v) is 18.3. The van der Waals surface area contributed by atoms with Crippen molar-refractivity contribution in [2.24, 2.45) is 7.05 Å². The summed E-state index contributed by atoms with van der Waals surface area (Å²) in [7, 11) is 1.65. The van der Waals surface area contributed by atoms with Crippen LogP contribution in [-0.4, -0.2) is 56.6 Å². The molecule has 1 aliphatic heterocycles. The van der Waals surface area contributed by atoms with E-state index in [9.17, 15) is 9.59 Å². The summed E-state index contributed by atoms with van der Waals surface area (Å²) >= 11 is 1.36. The normalized spacial score (nSPS) is 14.6. The van der Waals surface area contributed by atoms with Crippen molar-refractivity contribution in [3.05, 3.63) is 52.0 Å². The number of anilines is 1. The van der Waals surface area contributed by atoms with E-state index in [1.807, 2.05) is 17.6 Å². The number of hydrogen-bond acceptors (Lipinski definition) is 7. The lowest BCUT2D eigenvalue weighted by Crippen LogP contribution is -2.34. The smallest absolute Gasteiger partial charge is 0.260 e. The highest BCUT2D eigenvalue weighted by molar-refractivity contribution is 7.13. The van der Waals surface area contributed by atoms with Gasteiger partial charge in [0.2, 0.25) is 0 Å². The number of thiazole rings is 1. The number of fused-ring (bicyclic) bond motifs is 1. The minimum absolute atomic E-state index is 0.109. The van der Waals surface area contributed by atoms with Crippen molar-refractivity contribution in [3.63, 3.8) is 0 Å². The number of H-pyrrole nitrogens is 1. The Kier molecular flexibility index (Phi) is 5.24. The monoisotopic (exact) mass is 450 g/mol. The fraction of sp³-hybridized carbons (Fsp3) is 0.273. The maximum atomic E-state index is 13.1. The van der Waals surface area contributed by atoms with Gasteiger partial charge in [0.25, 0.3) is 11.5 Å². The van der Waals surface area contributed by atoms with Crippen LogP contribution in [0, 0.1) is 0 Å². The molecule has 1 aliphatic rings. The van der Waals surface area contributed by atoms with Crippen LogP contribution in [-0.2, 0) is 11.8 Å². The average molecular weight is 451 g/mol. The number of aromatic nitrogens is 4. The quantitative estimate of drug-likeness (QED) is 0.495. The second kappa shape index (κ2) is 8.21. The molecule has 32 heavy (non-hydrogen) atoms. The van der Waals surface area contributed by atoms with Crippen LogP contribution >= 0.6 is 11.3 Å². The zero-order chi connectivity index (χ0) is 22.2. The number of rotatable bonds is 3. The van der Waals surface area contributed by atoms with Crippen molar-refractivity contribution in [2.75, 3.05) is 32.0 Å². The first-order valence-electron chi connectivity index (χ1n) is 10.3. The molecule has 1 amide bonds. The highest BCUT2D eigenvalue weighted by Gasteiger charge is 2.21. The molecule has 0 bridgehead atoms. The van der Waals surface area contributed by atoms with Gasteiger partial charge in [-0.05, 0) is 18.6 Å². The van der Waals surface area contributed by atoms with E-state index >= 15 is 0 Å². The van der Waals surface area contributed by atoms with Crippen LogP contribution in [0.2, 0.25) is 0 Å². The number of nitrogens with one attached hydrogen (secondary N) is 1. The van der Waals surface area contributed by atoms with Gasteiger partial charge >= 0.3 is 0 Å². The second-order valence-electron chi connectivity index (χ2n) is 7.72. The predicted octanol–water partition coefficient (Wildman–Crippen LogP) is 2.50. The summed E-state index contributed by atoms with van der Waals surface area (Å²) in [5.74, 6) is -0.109. The van der Waals surface area contributed by atoms with Gasteiger partial charge in [-0.3, -0.25) is 9.59 Å². The van der Waals surface area contributed by atoms with Gasteiger partial charge in [0.15, 0.2) is 0 Å². The van der Waals surface area contributed by atoms with E-state index in [-0.39, 0.29) is 11.5 Å². The number of nitrogen functional groups attached to an aromatic ring is 1. The number of nitrogens with two attached hydrogens (primary N) is 1. The Morgan fingerprint density at radius 1 is 1.25 bits per heavy atom.